The maximum absolute atomic E-state index is 12.3. The van der Waals surface area contributed by atoms with E-state index in [1.165, 1.54) is 11.8 Å². The standard InChI is InChI=1S/C21H20I2N4O3S/c1-3-30-19-15(22)8-13(9-16(19)23)11-24-27-21-26-20(29)17(31-21)10-18(28)25-14-6-4-12(2)5-7-14/h4-9,11,17H,3,10H2,1-2H3,(H,25,28)(H,26,27,29). The molecule has 1 saturated heterocycles. The number of amidine groups is 1. The van der Waals surface area contributed by atoms with Gasteiger partial charge in [-0.1, -0.05) is 29.5 Å². The van der Waals surface area contributed by atoms with Crippen LogP contribution in [0.1, 0.15) is 24.5 Å². The van der Waals surface area contributed by atoms with E-state index in [9.17, 15) is 9.59 Å². The molecule has 1 aliphatic heterocycles. The number of hydrogen-bond donors (Lipinski definition) is 2. The van der Waals surface area contributed by atoms with Crippen molar-refractivity contribution in [2.75, 3.05) is 11.9 Å². The van der Waals surface area contributed by atoms with Crippen molar-refractivity contribution in [1.29, 1.82) is 0 Å². The van der Waals surface area contributed by atoms with Crippen LogP contribution in [0.25, 0.3) is 0 Å². The molecular formula is C21H20I2N4O3S. The highest BCUT2D eigenvalue weighted by Crippen LogP contribution is 2.28. The Balaban J connectivity index is 1.58. The number of nitrogens with zero attached hydrogens (tertiary/aromatic N) is 2. The van der Waals surface area contributed by atoms with Crippen molar-refractivity contribution < 1.29 is 14.3 Å². The minimum absolute atomic E-state index is 0.0579. The molecule has 2 N–H and O–H groups in total. The van der Waals surface area contributed by atoms with Gasteiger partial charge in [0.15, 0.2) is 5.17 Å². The quantitative estimate of drug-likeness (QED) is 0.259. The van der Waals surface area contributed by atoms with E-state index in [4.69, 9.17) is 4.74 Å². The fourth-order valence-electron chi connectivity index (χ4n) is 2.69. The number of benzene rings is 2. The summed E-state index contributed by atoms with van der Waals surface area (Å²) in [5.41, 5.74) is 2.70. The molecule has 0 spiro atoms. The number of aryl methyl sites for hydroxylation is 1. The SMILES string of the molecule is CCOc1c(I)cc(C=NN=C2NC(=O)C(CC(=O)Nc3ccc(C)cc3)S2)cc1I. The predicted octanol–water partition coefficient (Wildman–Crippen LogP) is 4.55. The lowest BCUT2D eigenvalue weighted by atomic mass is 10.2. The van der Waals surface area contributed by atoms with Crippen LogP contribution in [0.15, 0.2) is 46.6 Å². The smallest absolute Gasteiger partial charge is 0.240 e. The van der Waals surface area contributed by atoms with Crippen molar-refractivity contribution in [1.82, 2.24) is 5.32 Å². The number of hydrogen-bond acceptors (Lipinski definition) is 6. The summed E-state index contributed by atoms with van der Waals surface area (Å²) in [6.07, 6.45) is 1.68. The first-order valence-corrected chi connectivity index (χ1v) is 12.5. The van der Waals surface area contributed by atoms with Gasteiger partial charge in [0.05, 0.1) is 20.0 Å². The number of halogens is 2. The van der Waals surface area contributed by atoms with Gasteiger partial charge < -0.3 is 15.4 Å². The molecule has 0 bridgehead atoms. The second-order valence-electron chi connectivity index (χ2n) is 6.61. The molecule has 2 amide bonds. The second-order valence-corrected chi connectivity index (χ2v) is 10.1. The topological polar surface area (TPSA) is 92.2 Å². The molecule has 0 radical (unpaired) electrons. The first-order chi connectivity index (χ1) is 14.9. The number of carbonyl (C=O) groups is 2. The molecule has 0 aromatic heterocycles. The van der Waals surface area contributed by atoms with E-state index >= 15 is 0 Å². The van der Waals surface area contributed by atoms with E-state index < -0.39 is 5.25 Å². The van der Waals surface area contributed by atoms with Gasteiger partial charge in [-0.3, -0.25) is 9.59 Å². The van der Waals surface area contributed by atoms with Gasteiger partial charge >= 0.3 is 0 Å². The highest BCUT2D eigenvalue weighted by molar-refractivity contribution is 14.1. The Hall–Kier alpha value is -1.67. The van der Waals surface area contributed by atoms with Gasteiger partial charge in [-0.25, -0.2) is 0 Å². The average Bonchev–Trinajstić information content (AvgIpc) is 3.05. The molecule has 0 aliphatic carbocycles. The van der Waals surface area contributed by atoms with E-state index in [0.29, 0.717) is 17.5 Å². The van der Waals surface area contributed by atoms with Crippen LogP contribution in [0.2, 0.25) is 0 Å². The Labute approximate surface area is 212 Å². The first-order valence-electron chi connectivity index (χ1n) is 9.42. The molecule has 1 heterocycles. The zero-order chi connectivity index (χ0) is 22.4. The number of thioether (sulfide) groups is 1. The third kappa shape index (κ3) is 6.91. The number of ether oxygens (including phenoxy) is 1. The summed E-state index contributed by atoms with van der Waals surface area (Å²) in [5.74, 6) is 0.389. The average molecular weight is 662 g/mol. The normalized spacial score (nSPS) is 17.2. The summed E-state index contributed by atoms with van der Waals surface area (Å²) < 4.78 is 7.61. The number of amides is 2. The number of rotatable bonds is 7. The predicted molar refractivity (Wildman–Crippen MR) is 142 cm³/mol. The Kier molecular flexibility index (Phi) is 8.72. The molecule has 1 unspecified atom stereocenters. The highest BCUT2D eigenvalue weighted by Gasteiger charge is 2.32. The molecule has 162 valence electrons. The fraction of sp³-hybridized carbons (Fsp3) is 0.238. The summed E-state index contributed by atoms with van der Waals surface area (Å²) in [6.45, 7) is 4.53. The van der Waals surface area contributed by atoms with E-state index in [2.05, 4.69) is 66.0 Å². The Morgan fingerprint density at radius 1 is 1.26 bits per heavy atom. The van der Waals surface area contributed by atoms with Gasteiger partial charge in [-0.05, 0) is 88.9 Å². The van der Waals surface area contributed by atoms with Crippen molar-refractivity contribution in [3.05, 3.63) is 54.7 Å². The zero-order valence-electron chi connectivity index (χ0n) is 16.8. The van der Waals surface area contributed by atoms with Crippen LogP contribution in [0, 0.1) is 14.1 Å². The molecule has 1 fully saturated rings. The van der Waals surface area contributed by atoms with Crippen LogP contribution in [0.5, 0.6) is 5.75 Å². The van der Waals surface area contributed by atoms with Crippen LogP contribution in [0.3, 0.4) is 0 Å². The lowest BCUT2D eigenvalue weighted by Gasteiger charge is -2.08. The Morgan fingerprint density at radius 3 is 2.58 bits per heavy atom. The summed E-state index contributed by atoms with van der Waals surface area (Å²) in [6, 6.07) is 11.4. The van der Waals surface area contributed by atoms with Crippen LogP contribution in [-0.4, -0.2) is 35.1 Å². The van der Waals surface area contributed by atoms with Crippen molar-refractivity contribution >= 4 is 85.8 Å². The Bertz CT molecular complexity index is 1020. The van der Waals surface area contributed by atoms with Crippen molar-refractivity contribution in [3.63, 3.8) is 0 Å². The number of nitrogens with one attached hydrogen (secondary N) is 2. The zero-order valence-corrected chi connectivity index (χ0v) is 21.9. The van der Waals surface area contributed by atoms with Gasteiger partial charge in [0, 0.05) is 12.1 Å². The van der Waals surface area contributed by atoms with E-state index in [0.717, 1.165) is 24.0 Å². The lowest BCUT2D eigenvalue weighted by Crippen LogP contribution is -2.28. The van der Waals surface area contributed by atoms with E-state index in [1.807, 2.05) is 50.2 Å². The van der Waals surface area contributed by atoms with E-state index in [-0.39, 0.29) is 18.2 Å². The summed E-state index contributed by atoms with van der Waals surface area (Å²) in [7, 11) is 0. The van der Waals surface area contributed by atoms with Crippen molar-refractivity contribution in [3.8, 4) is 5.75 Å². The third-order valence-electron chi connectivity index (χ3n) is 4.15. The fourth-order valence-corrected chi connectivity index (χ4v) is 5.74. The van der Waals surface area contributed by atoms with Gasteiger partial charge in [0.2, 0.25) is 11.8 Å². The van der Waals surface area contributed by atoms with Gasteiger partial charge in [-0.2, -0.15) is 5.10 Å². The van der Waals surface area contributed by atoms with Crippen LogP contribution < -0.4 is 15.4 Å². The summed E-state index contributed by atoms with van der Waals surface area (Å²) in [4.78, 5) is 24.4. The van der Waals surface area contributed by atoms with Gasteiger partial charge in [0.1, 0.15) is 11.0 Å². The van der Waals surface area contributed by atoms with Gasteiger partial charge in [0.25, 0.3) is 0 Å². The van der Waals surface area contributed by atoms with Crippen molar-refractivity contribution in [2.24, 2.45) is 10.2 Å². The molecule has 3 rings (SSSR count). The maximum Gasteiger partial charge on any atom is 0.240 e. The van der Waals surface area contributed by atoms with Crippen LogP contribution in [0.4, 0.5) is 5.69 Å². The molecule has 2 aromatic carbocycles. The minimum Gasteiger partial charge on any atom is -0.492 e. The monoisotopic (exact) mass is 662 g/mol. The number of anilines is 1. The third-order valence-corrected chi connectivity index (χ3v) is 6.82. The van der Waals surface area contributed by atoms with Gasteiger partial charge in [-0.15, -0.1) is 5.10 Å². The molecular weight excluding hydrogens is 642 g/mol. The van der Waals surface area contributed by atoms with Crippen molar-refractivity contribution in [2.45, 2.75) is 25.5 Å². The number of carbonyl (C=O) groups excluding carboxylic acids is 2. The highest BCUT2D eigenvalue weighted by atomic mass is 127. The van der Waals surface area contributed by atoms with E-state index in [1.54, 1.807) is 6.21 Å². The first kappa shape index (κ1) is 24.0. The van der Waals surface area contributed by atoms with Crippen LogP contribution >= 0.6 is 56.9 Å². The molecule has 1 aliphatic rings. The summed E-state index contributed by atoms with van der Waals surface area (Å²) in [5, 5.41) is 13.5. The second kappa shape index (κ2) is 11.3. The maximum atomic E-state index is 12.3. The molecule has 31 heavy (non-hydrogen) atoms. The Morgan fingerprint density at radius 2 is 1.94 bits per heavy atom. The molecule has 10 heteroatoms. The summed E-state index contributed by atoms with van der Waals surface area (Å²) >= 11 is 5.65. The molecule has 2 aromatic rings. The van der Waals surface area contributed by atoms with Crippen LogP contribution in [-0.2, 0) is 9.59 Å². The molecule has 0 saturated carbocycles. The lowest BCUT2D eigenvalue weighted by molar-refractivity contribution is -0.122. The molecule has 7 nitrogen and oxygen atoms in total. The minimum atomic E-state index is -0.535. The molecule has 1 atom stereocenters. The largest absolute Gasteiger partial charge is 0.492 e.